The van der Waals surface area contributed by atoms with E-state index in [1.807, 2.05) is 6.92 Å². The van der Waals surface area contributed by atoms with E-state index in [1.54, 1.807) is 7.11 Å². The molecule has 1 heterocycles. The van der Waals surface area contributed by atoms with Crippen LogP contribution in [0, 0.1) is 0 Å². The van der Waals surface area contributed by atoms with Crippen molar-refractivity contribution in [2.45, 2.75) is 6.92 Å². The molecule has 3 nitrogen and oxygen atoms in total. The molecule has 0 aromatic carbocycles. The highest BCUT2D eigenvalue weighted by Crippen LogP contribution is 1.99. The monoisotopic (exact) mass is 142 g/mol. The number of rotatable bonds is 3. The Hall–Kier alpha value is -0.570. The van der Waals surface area contributed by atoms with Crippen LogP contribution in [0.3, 0.4) is 0 Å². The second-order valence-electron chi connectivity index (χ2n) is 2.41. The van der Waals surface area contributed by atoms with E-state index in [9.17, 15) is 0 Å². The summed E-state index contributed by atoms with van der Waals surface area (Å²) in [5.74, 6) is 1.15. The van der Waals surface area contributed by atoms with E-state index < -0.39 is 0 Å². The second kappa shape index (κ2) is 3.56. The molecule has 0 amide bonds. The summed E-state index contributed by atoms with van der Waals surface area (Å²) in [6.45, 7) is 5.84. The van der Waals surface area contributed by atoms with Crippen molar-refractivity contribution in [2.75, 3.05) is 33.4 Å². The molecule has 0 radical (unpaired) electrons. The Morgan fingerprint density at radius 1 is 1.70 bits per heavy atom. The summed E-state index contributed by atoms with van der Waals surface area (Å²) < 4.78 is 4.96. The third-order valence-corrected chi connectivity index (χ3v) is 1.73. The van der Waals surface area contributed by atoms with Gasteiger partial charge in [0.1, 0.15) is 0 Å². The Labute approximate surface area is 61.7 Å². The molecule has 0 saturated heterocycles. The first-order valence-electron chi connectivity index (χ1n) is 3.59. The predicted molar refractivity (Wildman–Crippen MR) is 41.4 cm³/mol. The van der Waals surface area contributed by atoms with Gasteiger partial charge in [0.2, 0.25) is 0 Å². The molecule has 0 unspecified atom stereocenters. The average molecular weight is 142 g/mol. The molecule has 0 spiro atoms. The van der Waals surface area contributed by atoms with Gasteiger partial charge >= 0.3 is 0 Å². The number of ether oxygens (including phenoxy) is 1. The zero-order valence-electron chi connectivity index (χ0n) is 6.63. The van der Waals surface area contributed by atoms with Crippen LogP contribution in [0.4, 0.5) is 0 Å². The van der Waals surface area contributed by atoms with Crippen LogP contribution in [0.2, 0.25) is 0 Å². The highest BCUT2D eigenvalue weighted by Gasteiger charge is 2.10. The van der Waals surface area contributed by atoms with Crippen molar-refractivity contribution in [1.29, 1.82) is 0 Å². The molecule has 0 bridgehead atoms. The number of nitrogens with zero attached hydrogens (tertiary/aromatic N) is 2. The zero-order chi connectivity index (χ0) is 7.40. The Morgan fingerprint density at radius 2 is 2.50 bits per heavy atom. The van der Waals surface area contributed by atoms with Crippen molar-refractivity contribution in [3.63, 3.8) is 0 Å². The quantitative estimate of drug-likeness (QED) is 0.568. The van der Waals surface area contributed by atoms with E-state index in [0.717, 1.165) is 32.1 Å². The molecular formula is C7H14N2O. The normalized spacial score (nSPS) is 17.8. The fraction of sp³-hybridized carbons (Fsp3) is 0.857. The third-order valence-electron chi connectivity index (χ3n) is 1.73. The van der Waals surface area contributed by atoms with E-state index >= 15 is 0 Å². The number of hydrogen-bond acceptors (Lipinski definition) is 3. The molecule has 0 aromatic heterocycles. The van der Waals surface area contributed by atoms with Crippen LogP contribution in [0.5, 0.6) is 0 Å². The summed E-state index contributed by atoms with van der Waals surface area (Å²) in [5.41, 5.74) is 0. The van der Waals surface area contributed by atoms with Crippen LogP contribution >= 0.6 is 0 Å². The maximum Gasteiger partial charge on any atom is 0.0959 e. The Kier molecular flexibility index (Phi) is 2.68. The van der Waals surface area contributed by atoms with E-state index in [-0.39, 0.29) is 0 Å². The lowest BCUT2D eigenvalue weighted by Crippen LogP contribution is -2.29. The number of hydrogen-bond donors (Lipinski definition) is 0. The minimum atomic E-state index is 0.798. The van der Waals surface area contributed by atoms with Gasteiger partial charge in [0.25, 0.3) is 0 Å². The van der Waals surface area contributed by atoms with Gasteiger partial charge in [0.05, 0.1) is 19.0 Å². The van der Waals surface area contributed by atoms with Gasteiger partial charge in [-0.15, -0.1) is 0 Å². The van der Waals surface area contributed by atoms with Crippen molar-refractivity contribution in [2.24, 2.45) is 4.99 Å². The summed E-state index contributed by atoms with van der Waals surface area (Å²) in [6, 6.07) is 0. The Bertz CT molecular complexity index is 134. The Balaban J connectivity index is 2.22. The van der Waals surface area contributed by atoms with Crippen LogP contribution in [-0.4, -0.2) is 44.1 Å². The smallest absolute Gasteiger partial charge is 0.0959 e. The molecule has 0 aliphatic carbocycles. The van der Waals surface area contributed by atoms with Gasteiger partial charge < -0.3 is 9.64 Å². The first kappa shape index (κ1) is 7.54. The van der Waals surface area contributed by atoms with Crippen LogP contribution in [-0.2, 0) is 4.74 Å². The van der Waals surface area contributed by atoms with E-state index in [2.05, 4.69) is 9.89 Å². The highest BCUT2D eigenvalue weighted by atomic mass is 16.5. The lowest BCUT2D eigenvalue weighted by Gasteiger charge is -2.16. The van der Waals surface area contributed by atoms with Crippen molar-refractivity contribution in [3.8, 4) is 0 Å². The molecule has 3 heteroatoms. The molecule has 0 N–H and O–H groups in total. The molecule has 0 saturated carbocycles. The molecule has 0 fully saturated rings. The summed E-state index contributed by atoms with van der Waals surface area (Å²) in [5, 5.41) is 0. The van der Waals surface area contributed by atoms with Gasteiger partial charge in [-0.1, -0.05) is 0 Å². The maximum absolute atomic E-state index is 4.96. The summed E-state index contributed by atoms with van der Waals surface area (Å²) in [6.07, 6.45) is 0. The molecule has 1 aliphatic rings. The van der Waals surface area contributed by atoms with Crippen molar-refractivity contribution < 1.29 is 4.74 Å². The van der Waals surface area contributed by atoms with E-state index in [1.165, 1.54) is 0 Å². The summed E-state index contributed by atoms with van der Waals surface area (Å²) in [4.78, 5) is 6.50. The van der Waals surface area contributed by atoms with Crippen LogP contribution < -0.4 is 0 Å². The molecule has 58 valence electrons. The predicted octanol–water partition coefficient (Wildman–Crippen LogP) is 0.367. The molecule has 1 aliphatic heterocycles. The fourth-order valence-corrected chi connectivity index (χ4v) is 1.07. The minimum absolute atomic E-state index is 0.798. The molecule has 0 atom stereocenters. The summed E-state index contributed by atoms with van der Waals surface area (Å²) >= 11 is 0. The van der Waals surface area contributed by atoms with Crippen LogP contribution in [0.1, 0.15) is 6.92 Å². The number of aliphatic imine (C=N–C) groups is 1. The molecule has 1 rings (SSSR count). The van der Waals surface area contributed by atoms with Crippen molar-refractivity contribution >= 4 is 5.84 Å². The van der Waals surface area contributed by atoms with Crippen molar-refractivity contribution in [3.05, 3.63) is 0 Å². The zero-order valence-corrected chi connectivity index (χ0v) is 6.63. The standard InChI is InChI=1S/C7H14N2O/c1-7-8-3-4-9(7)5-6-10-2/h3-6H2,1-2H3. The number of methoxy groups -OCH3 is 1. The van der Waals surface area contributed by atoms with E-state index in [4.69, 9.17) is 4.74 Å². The van der Waals surface area contributed by atoms with Gasteiger partial charge in [-0.25, -0.2) is 0 Å². The minimum Gasteiger partial charge on any atom is -0.383 e. The fourth-order valence-electron chi connectivity index (χ4n) is 1.07. The lowest BCUT2D eigenvalue weighted by molar-refractivity contribution is 0.179. The van der Waals surface area contributed by atoms with Gasteiger partial charge in [0.15, 0.2) is 0 Å². The van der Waals surface area contributed by atoms with Crippen molar-refractivity contribution in [1.82, 2.24) is 4.90 Å². The van der Waals surface area contributed by atoms with E-state index in [0.29, 0.717) is 0 Å². The largest absolute Gasteiger partial charge is 0.383 e. The summed E-state index contributed by atoms with van der Waals surface area (Å²) in [7, 11) is 1.72. The SMILES string of the molecule is COCCN1CCN=C1C. The highest BCUT2D eigenvalue weighted by molar-refractivity contribution is 5.81. The molecular weight excluding hydrogens is 128 g/mol. The first-order valence-corrected chi connectivity index (χ1v) is 3.59. The second-order valence-corrected chi connectivity index (χ2v) is 2.41. The van der Waals surface area contributed by atoms with Gasteiger partial charge in [-0.3, -0.25) is 4.99 Å². The molecule has 0 aromatic rings. The maximum atomic E-state index is 4.96. The van der Waals surface area contributed by atoms with Crippen LogP contribution in [0.25, 0.3) is 0 Å². The first-order chi connectivity index (χ1) is 4.84. The van der Waals surface area contributed by atoms with Crippen LogP contribution in [0.15, 0.2) is 4.99 Å². The van der Waals surface area contributed by atoms with Gasteiger partial charge in [-0.2, -0.15) is 0 Å². The third kappa shape index (κ3) is 1.70. The topological polar surface area (TPSA) is 24.8 Å². The lowest BCUT2D eigenvalue weighted by atomic mass is 10.5. The number of amidine groups is 1. The molecule has 10 heavy (non-hydrogen) atoms. The van der Waals surface area contributed by atoms with Gasteiger partial charge in [0, 0.05) is 20.2 Å². The Morgan fingerprint density at radius 3 is 3.00 bits per heavy atom. The average Bonchev–Trinajstić information content (AvgIpc) is 2.31. The van der Waals surface area contributed by atoms with Gasteiger partial charge in [-0.05, 0) is 6.92 Å².